The van der Waals surface area contributed by atoms with Crippen LogP contribution in [0.15, 0.2) is 4.52 Å². The molecule has 33 heavy (non-hydrogen) atoms. The van der Waals surface area contributed by atoms with Gasteiger partial charge in [0.15, 0.2) is 5.82 Å². The first-order valence-electron chi connectivity index (χ1n) is 9.83. The lowest BCUT2D eigenvalue weighted by atomic mass is 10.3. The van der Waals surface area contributed by atoms with Gasteiger partial charge in [-0.2, -0.15) is 15.2 Å². The number of aryl methyl sites for hydroxylation is 2. The molecule has 0 fully saturated rings. The van der Waals surface area contributed by atoms with Crippen LogP contribution < -0.4 is 10.6 Å². The monoisotopic (exact) mass is 479 g/mol. The predicted octanol–water partition coefficient (Wildman–Crippen LogP) is 0.852. The number of halogens is 1. The minimum absolute atomic E-state index is 0.104. The van der Waals surface area contributed by atoms with Crippen molar-refractivity contribution in [1.29, 1.82) is 0 Å². The molecule has 3 heterocycles. The Morgan fingerprint density at radius 3 is 2.33 bits per heavy atom. The average molecular weight is 480 g/mol. The van der Waals surface area contributed by atoms with Gasteiger partial charge in [-0.25, -0.2) is 0 Å². The lowest BCUT2D eigenvalue weighted by Crippen LogP contribution is -2.36. The molecule has 0 atom stereocenters. The van der Waals surface area contributed by atoms with Gasteiger partial charge in [-0.15, -0.1) is 0 Å². The van der Waals surface area contributed by atoms with E-state index in [-0.39, 0.29) is 55.0 Å². The number of nitro groups is 1. The normalized spacial score (nSPS) is 10.9. The zero-order valence-electron chi connectivity index (χ0n) is 18.4. The second-order valence-electron chi connectivity index (χ2n) is 7.20. The maximum atomic E-state index is 12.2. The Kier molecular flexibility index (Phi) is 7.06. The summed E-state index contributed by atoms with van der Waals surface area (Å²) in [5.74, 6) is -0.967. The van der Waals surface area contributed by atoms with Gasteiger partial charge < -0.3 is 15.2 Å². The molecule has 0 radical (unpaired) electrons. The third-order valence-electron chi connectivity index (χ3n) is 4.80. The maximum Gasteiger partial charge on any atom is 0.316 e. The molecule has 14 nitrogen and oxygen atoms in total. The lowest BCUT2D eigenvalue weighted by Gasteiger charge is -2.06. The van der Waals surface area contributed by atoms with Crippen LogP contribution in [0.2, 0.25) is 5.02 Å². The molecule has 0 aromatic carbocycles. The molecule has 0 aliphatic rings. The molecule has 3 aromatic heterocycles. The first-order valence-corrected chi connectivity index (χ1v) is 10.2. The molecule has 176 valence electrons. The van der Waals surface area contributed by atoms with Crippen molar-refractivity contribution >= 4 is 29.1 Å². The molecule has 0 bridgehead atoms. The summed E-state index contributed by atoms with van der Waals surface area (Å²) in [7, 11) is 0. The van der Waals surface area contributed by atoms with Gasteiger partial charge in [0.1, 0.15) is 24.5 Å². The molecule has 0 saturated heterocycles. The van der Waals surface area contributed by atoms with Crippen molar-refractivity contribution in [3.05, 3.63) is 49.6 Å². The second kappa shape index (κ2) is 9.77. The van der Waals surface area contributed by atoms with Crippen LogP contribution in [0, 0.1) is 37.8 Å². The van der Waals surface area contributed by atoms with Crippen molar-refractivity contribution in [3.63, 3.8) is 0 Å². The zero-order chi connectivity index (χ0) is 24.3. The molecule has 2 amide bonds. The highest BCUT2D eigenvalue weighted by Gasteiger charge is 2.23. The Bertz CT molecular complexity index is 1210. The molecule has 0 saturated carbocycles. The van der Waals surface area contributed by atoms with Gasteiger partial charge in [0.2, 0.25) is 5.91 Å². The molecule has 0 unspecified atom stereocenters. The Balaban J connectivity index is 1.45. The van der Waals surface area contributed by atoms with Crippen molar-refractivity contribution in [3.8, 4) is 0 Å². The fourth-order valence-electron chi connectivity index (χ4n) is 3.12. The van der Waals surface area contributed by atoms with Gasteiger partial charge in [0.25, 0.3) is 0 Å². The maximum absolute atomic E-state index is 12.2. The molecular weight excluding hydrogens is 458 g/mol. The fourth-order valence-corrected chi connectivity index (χ4v) is 3.26. The van der Waals surface area contributed by atoms with Crippen molar-refractivity contribution in [2.45, 2.75) is 40.8 Å². The van der Waals surface area contributed by atoms with Crippen LogP contribution in [0.25, 0.3) is 0 Å². The van der Waals surface area contributed by atoms with Crippen molar-refractivity contribution in [2.75, 3.05) is 13.1 Å². The van der Waals surface area contributed by atoms with E-state index in [1.807, 2.05) is 0 Å². The highest BCUT2D eigenvalue weighted by Crippen LogP contribution is 2.21. The van der Waals surface area contributed by atoms with Crippen LogP contribution in [0.1, 0.15) is 39.3 Å². The number of carbonyl (C=O) groups is 2. The smallest absolute Gasteiger partial charge is 0.316 e. The van der Waals surface area contributed by atoms with Crippen LogP contribution >= 0.6 is 11.6 Å². The minimum atomic E-state index is -0.594. The molecule has 0 aliphatic carbocycles. The Labute approximate surface area is 192 Å². The van der Waals surface area contributed by atoms with Gasteiger partial charge >= 0.3 is 17.5 Å². The minimum Gasteiger partial charge on any atom is -0.353 e. The number of hydrogen-bond donors (Lipinski definition) is 2. The predicted molar refractivity (Wildman–Crippen MR) is 114 cm³/mol. The summed E-state index contributed by atoms with van der Waals surface area (Å²) in [4.78, 5) is 38.8. The third kappa shape index (κ3) is 5.34. The van der Waals surface area contributed by atoms with Crippen LogP contribution in [-0.4, -0.2) is 59.5 Å². The van der Waals surface area contributed by atoms with Crippen molar-refractivity contribution in [2.24, 2.45) is 0 Å². The van der Waals surface area contributed by atoms with Crippen molar-refractivity contribution < 1.29 is 19.0 Å². The third-order valence-corrected chi connectivity index (χ3v) is 5.35. The van der Waals surface area contributed by atoms with E-state index in [0.29, 0.717) is 10.7 Å². The largest absolute Gasteiger partial charge is 0.353 e. The van der Waals surface area contributed by atoms with E-state index in [2.05, 4.69) is 31.0 Å². The quantitative estimate of drug-likeness (QED) is 0.256. The summed E-state index contributed by atoms with van der Waals surface area (Å²) in [6, 6.07) is 0. The van der Waals surface area contributed by atoms with E-state index < -0.39 is 16.7 Å². The molecule has 15 heteroatoms. The molecule has 2 N–H and O–H groups in total. The van der Waals surface area contributed by atoms with E-state index in [0.717, 1.165) is 5.69 Å². The number of aromatic nitrogens is 6. The number of carbonyl (C=O) groups excluding carboxylic acids is 2. The Morgan fingerprint density at radius 2 is 1.73 bits per heavy atom. The second-order valence-corrected chi connectivity index (χ2v) is 7.58. The number of nitrogens with zero attached hydrogens (tertiary/aromatic N) is 7. The summed E-state index contributed by atoms with van der Waals surface area (Å²) >= 11 is 6.11. The zero-order valence-corrected chi connectivity index (χ0v) is 19.1. The van der Waals surface area contributed by atoms with E-state index in [4.69, 9.17) is 16.1 Å². The molecule has 0 aliphatic heterocycles. The van der Waals surface area contributed by atoms with Crippen LogP contribution in [0.3, 0.4) is 0 Å². The highest BCUT2D eigenvalue weighted by atomic mass is 35.5. The first kappa shape index (κ1) is 23.8. The Hall–Kier alpha value is -3.81. The number of amides is 2. The SMILES string of the molecule is Cc1nn(Cc2noc(C(=O)NCCNC(=O)Cn3nc(C)c([N+](=O)[O-])c3C)n2)c(C)c1Cl. The van der Waals surface area contributed by atoms with E-state index >= 15 is 0 Å². The lowest BCUT2D eigenvalue weighted by molar-refractivity contribution is -0.386. The molecule has 0 spiro atoms. The van der Waals surface area contributed by atoms with Gasteiger partial charge in [-0.3, -0.25) is 29.1 Å². The molecule has 3 aromatic rings. The molecule has 3 rings (SSSR count). The topological polar surface area (TPSA) is 176 Å². The van der Waals surface area contributed by atoms with E-state index in [9.17, 15) is 19.7 Å². The van der Waals surface area contributed by atoms with Crippen LogP contribution in [-0.2, 0) is 17.9 Å². The summed E-state index contributed by atoms with van der Waals surface area (Å²) in [6.07, 6.45) is 0. The highest BCUT2D eigenvalue weighted by molar-refractivity contribution is 6.31. The summed E-state index contributed by atoms with van der Waals surface area (Å²) in [5.41, 5.74) is 1.83. The average Bonchev–Trinajstić information content (AvgIpc) is 3.39. The van der Waals surface area contributed by atoms with Crippen LogP contribution in [0.4, 0.5) is 5.69 Å². The summed E-state index contributed by atoms with van der Waals surface area (Å²) in [6.45, 7) is 6.84. The van der Waals surface area contributed by atoms with Gasteiger partial charge in [-0.05, 0) is 27.7 Å². The van der Waals surface area contributed by atoms with Gasteiger partial charge in [0.05, 0.1) is 21.3 Å². The van der Waals surface area contributed by atoms with Crippen LogP contribution in [0.5, 0.6) is 0 Å². The Morgan fingerprint density at radius 1 is 1.06 bits per heavy atom. The summed E-state index contributed by atoms with van der Waals surface area (Å²) in [5, 5.41) is 28.8. The fraction of sp³-hybridized carbons (Fsp3) is 0.444. The van der Waals surface area contributed by atoms with Gasteiger partial charge in [-0.1, -0.05) is 16.8 Å². The van der Waals surface area contributed by atoms with Crippen molar-refractivity contribution in [1.82, 2.24) is 40.3 Å². The number of nitrogens with one attached hydrogen (secondary N) is 2. The standard InChI is InChI=1S/C18H22ClN9O5/c1-9-15(19)11(3)26(23-9)7-13-22-18(33-25-13)17(30)21-6-5-20-14(29)8-27-12(4)16(28(31)32)10(2)24-27/h5-8H2,1-4H3,(H,20,29)(H,21,30). The van der Waals surface area contributed by atoms with E-state index in [1.165, 1.54) is 18.5 Å². The number of rotatable bonds is 9. The first-order chi connectivity index (χ1) is 15.6. The number of hydrogen-bond acceptors (Lipinski definition) is 9. The van der Waals surface area contributed by atoms with E-state index in [1.54, 1.807) is 18.5 Å². The summed E-state index contributed by atoms with van der Waals surface area (Å²) < 4.78 is 7.85. The van der Waals surface area contributed by atoms with Gasteiger partial charge in [0, 0.05) is 13.1 Å². The molecular formula is C18H22ClN9O5.